The van der Waals surface area contributed by atoms with Crippen LogP contribution in [0.1, 0.15) is 50.3 Å². The Morgan fingerprint density at radius 2 is 1.62 bits per heavy atom. The van der Waals surface area contributed by atoms with E-state index in [1.165, 1.54) is 0 Å². The molecular weight excluding hydrogens is 406 g/mol. The summed E-state index contributed by atoms with van der Waals surface area (Å²) in [5, 5.41) is 3.11. The number of ether oxygens (including phenoxy) is 4. The zero-order valence-corrected chi connectivity index (χ0v) is 19.7. The van der Waals surface area contributed by atoms with Crippen LogP contribution in [0, 0.1) is 5.92 Å². The topological polar surface area (TPSA) is 66.0 Å². The first kappa shape index (κ1) is 25.8. The van der Waals surface area contributed by atoms with Crippen molar-refractivity contribution in [3.63, 3.8) is 0 Å². The fraction of sp³-hybridized carbons (Fsp3) is 0.500. The summed E-state index contributed by atoms with van der Waals surface area (Å²) in [5.41, 5.74) is 1.92. The van der Waals surface area contributed by atoms with Crippen LogP contribution in [0.5, 0.6) is 5.75 Å². The Balaban J connectivity index is 2.03. The van der Waals surface area contributed by atoms with Crippen molar-refractivity contribution in [3.05, 3.63) is 65.7 Å². The van der Waals surface area contributed by atoms with Gasteiger partial charge >= 0.3 is 0 Å². The minimum atomic E-state index is -0.462. The van der Waals surface area contributed by atoms with Gasteiger partial charge < -0.3 is 24.3 Å². The molecule has 1 N–H and O–H groups in total. The molecule has 176 valence electrons. The van der Waals surface area contributed by atoms with E-state index in [9.17, 15) is 4.79 Å². The third-order valence-electron chi connectivity index (χ3n) is 5.37. The van der Waals surface area contributed by atoms with Crippen LogP contribution in [0.4, 0.5) is 0 Å². The Labute approximate surface area is 192 Å². The van der Waals surface area contributed by atoms with Crippen LogP contribution in [-0.4, -0.2) is 46.2 Å². The normalized spacial score (nSPS) is 13.9. The lowest BCUT2D eigenvalue weighted by atomic mass is 9.98. The zero-order chi connectivity index (χ0) is 23.2. The van der Waals surface area contributed by atoms with Gasteiger partial charge in [-0.15, -0.1) is 0 Å². The van der Waals surface area contributed by atoms with Crippen LogP contribution < -0.4 is 10.1 Å². The van der Waals surface area contributed by atoms with Crippen molar-refractivity contribution in [2.24, 2.45) is 5.92 Å². The maximum atomic E-state index is 13.1. The van der Waals surface area contributed by atoms with Crippen molar-refractivity contribution in [1.82, 2.24) is 5.32 Å². The van der Waals surface area contributed by atoms with Crippen molar-refractivity contribution in [2.45, 2.75) is 39.2 Å². The molecule has 0 aliphatic carbocycles. The standard InChI is InChI=1S/C26H37NO5/c1-5-20(2)17-32-24-13-11-23(12-14-24)25(18-31-19-30-16-15-29-4)26(28)27-21(3)22-9-7-6-8-10-22/h6-14,20-21,25H,5,15-19H2,1-4H3,(H,27,28)/t20-,21+,25+/m0/s1. The highest BCUT2D eigenvalue weighted by Gasteiger charge is 2.23. The van der Waals surface area contributed by atoms with Gasteiger partial charge in [0.2, 0.25) is 5.91 Å². The monoisotopic (exact) mass is 443 g/mol. The van der Waals surface area contributed by atoms with Crippen molar-refractivity contribution in [2.75, 3.05) is 40.3 Å². The molecule has 32 heavy (non-hydrogen) atoms. The quantitative estimate of drug-likeness (QED) is 0.319. The number of hydrogen-bond acceptors (Lipinski definition) is 5. The van der Waals surface area contributed by atoms with E-state index in [1.54, 1.807) is 7.11 Å². The molecule has 0 aromatic heterocycles. The summed E-state index contributed by atoms with van der Waals surface area (Å²) in [5.74, 6) is 0.746. The molecule has 0 aliphatic heterocycles. The number of rotatable bonds is 15. The molecule has 0 aliphatic rings. The fourth-order valence-electron chi connectivity index (χ4n) is 3.04. The summed E-state index contributed by atoms with van der Waals surface area (Å²) in [7, 11) is 1.62. The Morgan fingerprint density at radius 1 is 0.906 bits per heavy atom. The minimum Gasteiger partial charge on any atom is -0.493 e. The van der Waals surface area contributed by atoms with Gasteiger partial charge in [0, 0.05) is 7.11 Å². The third kappa shape index (κ3) is 8.99. The molecule has 0 heterocycles. The molecule has 6 heteroatoms. The van der Waals surface area contributed by atoms with Gasteiger partial charge in [0.15, 0.2) is 0 Å². The van der Waals surface area contributed by atoms with E-state index in [2.05, 4.69) is 19.2 Å². The van der Waals surface area contributed by atoms with Gasteiger partial charge in [-0.3, -0.25) is 4.79 Å². The summed E-state index contributed by atoms with van der Waals surface area (Å²) < 4.78 is 21.8. The van der Waals surface area contributed by atoms with Crippen LogP contribution in [0.15, 0.2) is 54.6 Å². The van der Waals surface area contributed by atoms with Crippen molar-refractivity contribution < 1.29 is 23.7 Å². The van der Waals surface area contributed by atoms with Crippen LogP contribution in [-0.2, 0) is 19.0 Å². The molecule has 6 nitrogen and oxygen atoms in total. The number of methoxy groups -OCH3 is 1. The number of amides is 1. The Bertz CT molecular complexity index is 766. The zero-order valence-electron chi connectivity index (χ0n) is 19.7. The average molecular weight is 444 g/mol. The molecule has 2 aromatic rings. The molecule has 3 atom stereocenters. The molecule has 0 spiro atoms. The maximum Gasteiger partial charge on any atom is 0.230 e. The Morgan fingerprint density at radius 3 is 2.28 bits per heavy atom. The van der Waals surface area contributed by atoms with Crippen LogP contribution in [0.3, 0.4) is 0 Å². The summed E-state index contributed by atoms with van der Waals surface area (Å²) in [6.07, 6.45) is 1.07. The molecule has 0 fully saturated rings. The van der Waals surface area contributed by atoms with E-state index in [1.807, 2.05) is 61.5 Å². The molecule has 2 aromatic carbocycles. The minimum absolute atomic E-state index is 0.0912. The highest BCUT2D eigenvalue weighted by molar-refractivity contribution is 5.84. The number of carbonyl (C=O) groups is 1. The molecule has 0 saturated heterocycles. The van der Waals surface area contributed by atoms with Gasteiger partial charge in [-0.25, -0.2) is 0 Å². The smallest absolute Gasteiger partial charge is 0.230 e. The lowest BCUT2D eigenvalue weighted by Crippen LogP contribution is -2.34. The summed E-state index contributed by atoms with van der Waals surface area (Å²) in [4.78, 5) is 13.1. The van der Waals surface area contributed by atoms with E-state index in [0.717, 1.165) is 23.3 Å². The number of nitrogens with one attached hydrogen (secondary N) is 1. The van der Waals surface area contributed by atoms with Gasteiger partial charge in [0.1, 0.15) is 12.5 Å². The number of hydrogen-bond donors (Lipinski definition) is 1. The molecular formula is C26H37NO5. The second kappa shape index (κ2) is 14.6. The van der Waals surface area contributed by atoms with Gasteiger partial charge in [-0.2, -0.15) is 0 Å². The predicted molar refractivity (Wildman–Crippen MR) is 126 cm³/mol. The fourth-order valence-corrected chi connectivity index (χ4v) is 3.04. The first-order valence-electron chi connectivity index (χ1n) is 11.3. The predicted octanol–water partition coefficient (Wildman–Crippen LogP) is 4.71. The summed E-state index contributed by atoms with van der Waals surface area (Å²) in [6.45, 7) is 8.23. The van der Waals surface area contributed by atoms with Gasteiger partial charge in [-0.05, 0) is 36.1 Å². The molecule has 2 rings (SSSR count). The Kier molecular flexibility index (Phi) is 11.8. The van der Waals surface area contributed by atoms with Crippen LogP contribution in [0.25, 0.3) is 0 Å². The SMILES string of the molecule is CC[C@H](C)COc1ccc([C@@H](COCOCCOC)C(=O)N[C@H](C)c2ccccc2)cc1. The van der Waals surface area contributed by atoms with E-state index in [0.29, 0.717) is 25.7 Å². The largest absolute Gasteiger partial charge is 0.493 e. The molecule has 0 bridgehead atoms. The van der Waals surface area contributed by atoms with E-state index < -0.39 is 5.92 Å². The second-order valence-electron chi connectivity index (χ2n) is 7.98. The first-order chi connectivity index (χ1) is 15.5. The van der Waals surface area contributed by atoms with Gasteiger partial charge in [0.25, 0.3) is 0 Å². The Hall–Kier alpha value is -2.41. The van der Waals surface area contributed by atoms with Crippen molar-refractivity contribution >= 4 is 5.91 Å². The lowest BCUT2D eigenvalue weighted by Gasteiger charge is -2.21. The average Bonchev–Trinajstić information content (AvgIpc) is 2.83. The molecule has 0 unspecified atom stereocenters. The molecule has 0 radical (unpaired) electrons. The first-order valence-corrected chi connectivity index (χ1v) is 11.3. The van der Waals surface area contributed by atoms with Crippen LogP contribution in [0.2, 0.25) is 0 Å². The lowest BCUT2D eigenvalue weighted by molar-refractivity contribution is -0.127. The van der Waals surface area contributed by atoms with Crippen LogP contribution >= 0.6 is 0 Å². The van der Waals surface area contributed by atoms with Crippen molar-refractivity contribution in [3.8, 4) is 5.75 Å². The number of benzene rings is 2. The van der Waals surface area contributed by atoms with E-state index in [4.69, 9.17) is 18.9 Å². The maximum absolute atomic E-state index is 13.1. The summed E-state index contributed by atoms with van der Waals surface area (Å²) in [6, 6.07) is 17.5. The molecule has 1 amide bonds. The highest BCUT2D eigenvalue weighted by atomic mass is 16.7. The molecule has 0 saturated carbocycles. The van der Waals surface area contributed by atoms with E-state index >= 15 is 0 Å². The number of carbonyl (C=O) groups excluding carboxylic acids is 1. The van der Waals surface area contributed by atoms with Gasteiger partial charge in [-0.1, -0.05) is 62.7 Å². The third-order valence-corrected chi connectivity index (χ3v) is 5.37. The highest BCUT2D eigenvalue weighted by Crippen LogP contribution is 2.23. The van der Waals surface area contributed by atoms with Gasteiger partial charge in [0.05, 0.1) is 38.4 Å². The van der Waals surface area contributed by atoms with E-state index in [-0.39, 0.29) is 25.3 Å². The second-order valence-corrected chi connectivity index (χ2v) is 7.98. The summed E-state index contributed by atoms with van der Waals surface area (Å²) >= 11 is 0. The van der Waals surface area contributed by atoms with Crippen molar-refractivity contribution in [1.29, 1.82) is 0 Å².